The van der Waals surface area contributed by atoms with Crippen LogP contribution in [0.3, 0.4) is 0 Å². The molecule has 1 fully saturated rings. The van der Waals surface area contributed by atoms with E-state index in [9.17, 15) is 9.59 Å². The highest BCUT2D eigenvalue weighted by Gasteiger charge is 2.33. The van der Waals surface area contributed by atoms with E-state index in [1.165, 1.54) is 4.90 Å². The number of rotatable bonds is 4. The van der Waals surface area contributed by atoms with E-state index in [0.717, 1.165) is 17.3 Å². The number of amides is 1. The first-order chi connectivity index (χ1) is 10.4. The molecule has 4 nitrogen and oxygen atoms in total. The van der Waals surface area contributed by atoms with Crippen LogP contribution in [0.5, 0.6) is 0 Å². The standard InChI is InChI=1S/C14H11Cl2NO3S2/c1-2-20-12(18)7-17-13(19)11(22-14(17)21)6-8-3-4-9(15)10(16)5-8/h3-6H,2,7H2,1H3. The molecule has 8 heteroatoms. The van der Waals surface area contributed by atoms with Gasteiger partial charge in [0.1, 0.15) is 10.9 Å². The van der Waals surface area contributed by atoms with Crippen LogP contribution in [-0.2, 0) is 14.3 Å². The van der Waals surface area contributed by atoms with Crippen LogP contribution in [0.2, 0.25) is 10.0 Å². The van der Waals surface area contributed by atoms with Crippen molar-refractivity contribution >= 4 is 69.5 Å². The largest absolute Gasteiger partial charge is 0.465 e. The van der Waals surface area contributed by atoms with Crippen molar-refractivity contribution in [3.63, 3.8) is 0 Å². The molecular weight excluding hydrogens is 365 g/mol. The van der Waals surface area contributed by atoms with Crippen LogP contribution in [0.15, 0.2) is 23.1 Å². The number of hydrogen-bond acceptors (Lipinski definition) is 5. The van der Waals surface area contributed by atoms with Gasteiger partial charge in [0.05, 0.1) is 21.6 Å². The molecular formula is C14H11Cl2NO3S2. The maximum Gasteiger partial charge on any atom is 0.326 e. The molecule has 116 valence electrons. The Morgan fingerprint density at radius 1 is 1.41 bits per heavy atom. The lowest BCUT2D eigenvalue weighted by atomic mass is 10.2. The van der Waals surface area contributed by atoms with Crippen LogP contribution in [0, 0.1) is 0 Å². The minimum Gasteiger partial charge on any atom is -0.465 e. The van der Waals surface area contributed by atoms with Crippen LogP contribution in [0.25, 0.3) is 6.08 Å². The number of thiocarbonyl (C=S) groups is 1. The Kier molecular flexibility index (Phi) is 5.86. The maximum atomic E-state index is 12.3. The third-order valence-electron chi connectivity index (χ3n) is 2.71. The van der Waals surface area contributed by atoms with Crippen molar-refractivity contribution in [3.8, 4) is 0 Å². The molecule has 0 unspecified atom stereocenters. The number of nitrogens with zero attached hydrogens (tertiary/aromatic N) is 1. The van der Waals surface area contributed by atoms with Crippen LogP contribution in [0.4, 0.5) is 0 Å². The summed E-state index contributed by atoms with van der Waals surface area (Å²) in [4.78, 5) is 25.4. The zero-order valence-corrected chi connectivity index (χ0v) is 14.6. The Bertz CT molecular complexity index is 676. The molecule has 1 aliphatic rings. The number of carbonyl (C=O) groups excluding carboxylic acids is 2. The number of carbonyl (C=O) groups is 2. The van der Waals surface area contributed by atoms with Crippen molar-refractivity contribution in [3.05, 3.63) is 38.7 Å². The van der Waals surface area contributed by atoms with Crippen molar-refractivity contribution in [2.45, 2.75) is 6.92 Å². The van der Waals surface area contributed by atoms with Gasteiger partial charge in [0.2, 0.25) is 0 Å². The summed E-state index contributed by atoms with van der Waals surface area (Å²) in [6.07, 6.45) is 1.66. The topological polar surface area (TPSA) is 46.6 Å². The minimum atomic E-state index is -0.491. The molecule has 0 saturated carbocycles. The monoisotopic (exact) mass is 375 g/mol. The first-order valence-corrected chi connectivity index (χ1v) is 8.26. The smallest absolute Gasteiger partial charge is 0.326 e. The van der Waals surface area contributed by atoms with E-state index in [4.69, 9.17) is 40.2 Å². The summed E-state index contributed by atoms with van der Waals surface area (Å²) in [7, 11) is 0. The molecule has 0 radical (unpaired) electrons. The highest BCUT2D eigenvalue weighted by molar-refractivity contribution is 8.26. The molecule has 0 atom stereocenters. The molecule has 0 aromatic heterocycles. The van der Waals surface area contributed by atoms with Gasteiger partial charge < -0.3 is 4.74 Å². The Balaban J connectivity index is 2.18. The van der Waals surface area contributed by atoms with Gasteiger partial charge in [-0.25, -0.2) is 0 Å². The molecule has 1 aromatic carbocycles. The van der Waals surface area contributed by atoms with Gasteiger partial charge in [-0.05, 0) is 30.7 Å². The van der Waals surface area contributed by atoms with E-state index >= 15 is 0 Å². The van der Waals surface area contributed by atoms with Crippen molar-refractivity contribution in [2.75, 3.05) is 13.2 Å². The van der Waals surface area contributed by atoms with Gasteiger partial charge in [0.25, 0.3) is 5.91 Å². The number of thioether (sulfide) groups is 1. The molecule has 1 heterocycles. The number of benzene rings is 1. The van der Waals surface area contributed by atoms with Crippen LogP contribution in [-0.4, -0.2) is 34.2 Å². The number of hydrogen-bond donors (Lipinski definition) is 0. The Hall–Kier alpha value is -1.08. The highest BCUT2D eigenvalue weighted by atomic mass is 35.5. The zero-order chi connectivity index (χ0) is 16.3. The molecule has 22 heavy (non-hydrogen) atoms. The highest BCUT2D eigenvalue weighted by Crippen LogP contribution is 2.33. The normalized spacial score (nSPS) is 16.5. The fourth-order valence-electron chi connectivity index (χ4n) is 1.73. The van der Waals surface area contributed by atoms with E-state index in [2.05, 4.69) is 0 Å². The average Bonchev–Trinajstić information content (AvgIpc) is 2.71. The number of esters is 1. The van der Waals surface area contributed by atoms with Crippen LogP contribution in [0.1, 0.15) is 12.5 Å². The Morgan fingerprint density at radius 2 is 2.14 bits per heavy atom. The first-order valence-electron chi connectivity index (χ1n) is 6.28. The molecule has 1 amide bonds. The summed E-state index contributed by atoms with van der Waals surface area (Å²) in [5.74, 6) is -0.816. The molecule has 2 rings (SSSR count). The van der Waals surface area contributed by atoms with Crippen molar-refractivity contribution in [1.29, 1.82) is 0 Å². The van der Waals surface area contributed by atoms with Gasteiger partial charge in [-0.2, -0.15) is 0 Å². The fraction of sp³-hybridized carbons (Fsp3) is 0.214. The summed E-state index contributed by atoms with van der Waals surface area (Å²) >= 11 is 18.1. The number of ether oxygens (including phenoxy) is 1. The third kappa shape index (κ3) is 4.01. The summed E-state index contributed by atoms with van der Waals surface area (Å²) < 4.78 is 5.15. The first kappa shape index (κ1) is 17.3. The van der Waals surface area contributed by atoms with E-state index in [0.29, 0.717) is 19.3 Å². The van der Waals surface area contributed by atoms with Gasteiger partial charge in [0, 0.05) is 0 Å². The second-order valence-corrected chi connectivity index (χ2v) is 6.74. The van der Waals surface area contributed by atoms with Gasteiger partial charge in [-0.3, -0.25) is 14.5 Å². The lowest BCUT2D eigenvalue weighted by molar-refractivity contribution is -0.145. The van der Waals surface area contributed by atoms with Crippen molar-refractivity contribution in [2.24, 2.45) is 0 Å². The maximum absolute atomic E-state index is 12.3. The molecule has 1 saturated heterocycles. The average molecular weight is 376 g/mol. The zero-order valence-electron chi connectivity index (χ0n) is 11.5. The second-order valence-electron chi connectivity index (χ2n) is 4.25. The lowest BCUT2D eigenvalue weighted by Gasteiger charge is -2.12. The van der Waals surface area contributed by atoms with Crippen LogP contribution < -0.4 is 0 Å². The third-order valence-corrected chi connectivity index (χ3v) is 4.82. The number of halogens is 2. The molecule has 0 aliphatic carbocycles. The molecule has 0 bridgehead atoms. The van der Waals surface area contributed by atoms with Gasteiger partial charge in [-0.15, -0.1) is 0 Å². The quantitative estimate of drug-likeness (QED) is 0.455. The molecule has 1 aliphatic heterocycles. The summed E-state index contributed by atoms with van der Waals surface area (Å²) in [5.41, 5.74) is 0.728. The predicted molar refractivity (Wildman–Crippen MR) is 93.0 cm³/mol. The molecule has 0 spiro atoms. The summed E-state index contributed by atoms with van der Waals surface area (Å²) in [6, 6.07) is 5.04. The van der Waals surface area contributed by atoms with E-state index in [1.807, 2.05) is 0 Å². The van der Waals surface area contributed by atoms with Crippen molar-refractivity contribution < 1.29 is 14.3 Å². The van der Waals surface area contributed by atoms with Gasteiger partial charge in [-0.1, -0.05) is 53.2 Å². The van der Waals surface area contributed by atoms with E-state index < -0.39 is 5.97 Å². The van der Waals surface area contributed by atoms with Gasteiger partial charge in [0.15, 0.2) is 0 Å². The second kappa shape index (κ2) is 7.46. The van der Waals surface area contributed by atoms with E-state index in [-0.39, 0.29) is 19.1 Å². The molecule has 1 aromatic rings. The van der Waals surface area contributed by atoms with Gasteiger partial charge >= 0.3 is 5.97 Å². The summed E-state index contributed by atoms with van der Waals surface area (Å²) in [5, 5.41) is 0.839. The van der Waals surface area contributed by atoms with Crippen LogP contribution >= 0.6 is 47.2 Å². The lowest BCUT2D eigenvalue weighted by Crippen LogP contribution is -2.34. The predicted octanol–water partition coefficient (Wildman–Crippen LogP) is 3.76. The van der Waals surface area contributed by atoms with Crippen molar-refractivity contribution in [1.82, 2.24) is 4.90 Å². The van der Waals surface area contributed by atoms with E-state index in [1.54, 1.807) is 31.2 Å². The fourth-order valence-corrected chi connectivity index (χ4v) is 3.29. The SMILES string of the molecule is CCOC(=O)CN1C(=O)C(=Cc2ccc(Cl)c(Cl)c2)SC1=S. The Labute approximate surface area is 147 Å². The minimum absolute atomic E-state index is 0.183. The molecule has 0 N–H and O–H groups in total. The summed E-state index contributed by atoms with van der Waals surface area (Å²) in [6.45, 7) is 1.77. The Morgan fingerprint density at radius 3 is 2.77 bits per heavy atom.